The summed E-state index contributed by atoms with van der Waals surface area (Å²) in [7, 11) is 0. The predicted molar refractivity (Wildman–Crippen MR) is 62.9 cm³/mol. The molecule has 0 heterocycles. The van der Waals surface area contributed by atoms with Gasteiger partial charge in [0.25, 0.3) is 0 Å². The van der Waals surface area contributed by atoms with Gasteiger partial charge in [0.2, 0.25) is 5.91 Å². The highest BCUT2D eigenvalue weighted by molar-refractivity contribution is 5.75. The van der Waals surface area contributed by atoms with Crippen LogP contribution in [0.2, 0.25) is 0 Å². The molecule has 0 aromatic rings. The van der Waals surface area contributed by atoms with Crippen LogP contribution in [0, 0.1) is 0 Å². The summed E-state index contributed by atoms with van der Waals surface area (Å²) in [6.07, 6.45) is 6.26. The molecule has 0 unspecified atom stereocenters. The summed E-state index contributed by atoms with van der Waals surface area (Å²) in [6, 6.07) is 0. The highest BCUT2D eigenvalue weighted by atomic mass is 16.5. The maximum absolute atomic E-state index is 11.2. The molecule has 0 aliphatic carbocycles. The summed E-state index contributed by atoms with van der Waals surface area (Å²) < 4.78 is 5.38. The monoisotopic (exact) mass is 215 g/mol. The number of hydrogen-bond donors (Lipinski definition) is 1. The molecule has 0 aliphatic rings. The van der Waals surface area contributed by atoms with Crippen molar-refractivity contribution in [1.82, 2.24) is 5.32 Å². The van der Waals surface area contributed by atoms with E-state index < -0.39 is 0 Å². The minimum atomic E-state index is 0.147. The first kappa shape index (κ1) is 14.4. The van der Waals surface area contributed by atoms with E-state index in [0.717, 1.165) is 25.9 Å². The maximum Gasteiger partial charge on any atom is 0.220 e. The number of carbonyl (C=O) groups excluding carboxylic acids is 1. The van der Waals surface area contributed by atoms with Gasteiger partial charge in [0.15, 0.2) is 0 Å². The van der Waals surface area contributed by atoms with Crippen molar-refractivity contribution in [2.45, 2.75) is 52.4 Å². The minimum absolute atomic E-state index is 0.147. The molecule has 0 aromatic carbocycles. The van der Waals surface area contributed by atoms with Gasteiger partial charge in [-0.2, -0.15) is 0 Å². The van der Waals surface area contributed by atoms with Crippen molar-refractivity contribution in [3.8, 4) is 0 Å². The van der Waals surface area contributed by atoms with Crippen LogP contribution in [0.25, 0.3) is 0 Å². The Labute approximate surface area is 93.6 Å². The van der Waals surface area contributed by atoms with Gasteiger partial charge in [-0.3, -0.25) is 4.79 Å². The van der Waals surface area contributed by atoms with Crippen LogP contribution in [-0.4, -0.2) is 25.7 Å². The Hall–Kier alpha value is -0.570. The lowest BCUT2D eigenvalue weighted by atomic mass is 10.2. The second-order valence-corrected chi connectivity index (χ2v) is 3.77. The lowest BCUT2D eigenvalue weighted by Crippen LogP contribution is -2.27. The number of amides is 1. The molecule has 1 amide bonds. The smallest absolute Gasteiger partial charge is 0.220 e. The van der Waals surface area contributed by atoms with Crippen molar-refractivity contribution in [2.75, 3.05) is 19.8 Å². The Morgan fingerprint density at radius 1 is 1.07 bits per heavy atom. The fourth-order valence-corrected chi connectivity index (χ4v) is 1.24. The van der Waals surface area contributed by atoms with Gasteiger partial charge < -0.3 is 10.1 Å². The molecule has 0 bridgehead atoms. The lowest BCUT2D eigenvalue weighted by Gasteiger charge is -2.05. The van der Waals surface area contributed by atoms with Gasteiger partial charge in [-0.25, -0.2) is 0 Å². The van der Waals surface area contributed by atoms with Crippen LogP contribution < -0.4 is 5.32 Å². The second kappa shape index (κ2) is 11.5. The predicted octanol–water partition coefficient (Wildman–Crippen LogP) is 2.50. The van der Waals surface area contributed by atoms with Crippen LogP contribution in [0.15, 0.2) is 0 Å². The molecule has 0 aromatic heterocycles. The van der Waals surface area contributed by atoms with E-state index in [4.69, 9.17) is 4.74 Å². The minimum Gasteiger partial charge on any atom is -0.380 e. The topological polar surface area (TPSA) is 38.3 Å². The number of ether oxygens (including phenoxy) is 1. The Kier molecular flexibility index (Phi) is 11.1. The van der Waals surface area contributed by atoms with E-state index in [1.165, 1.54) is 12.8 Å². The summed E-state index contributed by atoms with van der Waals surface area (Å²) in [5.41, 5.74) is 0. The number of carbonyl (C=O) groups is 1. The van der Waals surface area contributed by atoms with Crippen molar-refractivity contribution in [2.24, 2.45) is 0 Å². The van der Waals surface area contributed by atoms with Gasteiger partial charge in [-0.15, -0.1) is 0 Å². The molecule has 0 rings (SSSR count). The molecule has 0 atom stereocenters. The SMILES string of the molecule is CCCCCOCCNC(=O)CCCC. The zero-order valence-electron chi connectivity index (χ0n) is 10.2. The van der Waals surface area contributed by atoms with Gasteiger partial charge in [-0.05, 0) is 12.8 Å². The average Bonchev–Trinajstić information content (AvgIpc) is 2.25. The normalized spacial score (nSPS) is 10.3. The van der Waals surface area contributed by atoms with Gasteiger partial charge in [0, 0.05) is 19.6 Å². The highest BCUT2D eigenvalue weighted by Gasteiger charge is 1.98. The van der Waals surface area contributed by atoms with E-state index in [1.54, 1.807) is 0 Å². The summed E-state index contributed by atoms with van der Waals surface area (Å²) in [5.74, 6) is 0.147. The van der Waals surface area contributed by atoms with Gasteiger partial charge >= 0.3 is 0 Å². The molecule has 0 radical (unpaired) electrons. The zero-order valence-corrected chi connectivity index (χ0v) is 10.2. The molecule has 1 N–H and O–H groups in total. The Balaban J connectivity index is 3.06. The third-order valence-electron chi connectivity index (χ3n) is 2.22. The summed E-state index contributed by atoms with van der Waals surface area (Å²) in [6.45, 7) is 6.37. The zero-order chi connectivity index (χ0) is 11.4. The molecule has 0 fully saturated rings. The first-order valence-corrected chi connectivity index (χ1v) is 6.15. The van der Waals surface area contributed by atoms with Crippen LogP contribution >= 0.6 is 0 Å². The van der Waals surface area contributed by atoms with Gasteiger partial charge in [-0.1, -0.05) is 33.1 Å². The van der Waals surface area contributed by atoms with E-state index >= 15 is 0 Å². The fraction of sp³-hybridized carbons (Fsp3) is 0.917. The highest BCUT2D eigenvalue weighted by Crippen LogP contribution is 1.94. The van der Waals surface area contributed by atoms with Gasteiger partial charge in [0.05, 0.1) is 6.61 Å². The number of hydrogen-bond acceptors (Lipinski definition) is 2. The van der Waals surface area contributed by atoms with E-state index in [9.17, 15) is 4.79 Å². The molecule has 0 saturated heterocycles. The third-order valence-corrected chi connectivity index (χ3v) is 2.22. The third kappa shape index (κ3) is 11.4. The average molecular weight is 215 g/mol. The summed E-state index contributed by atoms with van der Waals surface area (Å²) in [5, 5.41) is 2.84. The summed E-state index contributed by atoms with van der Waals surface area (Å²) >= 11 is 0. The number of nitrogens with one attached hydrogen (secondary N) is 1. The van der Waals surface area contributed by atoms with E-state index in [-0.39, 0.29) is 5.91 Å². The molecular weight excluding hydrogens is 190 g/mol. The first-order valence-electron chi connectivity index (χ1n) is 6.15. The van der Waals surface area contributed by atoms with Crippen molar-refractivity contribution >= 4 is 5.91 Å². The number of rotatable bonds is 10. The van der Waals surface area contributed by atoms with Crippen LogP contribution in [0.1, 0.15) is 52.4 Å². The van der Waals surface area contributed by atoms with Gasteiger partial charge in [0.1, 0.15) is 0 Å². The first-order chi connectivity index (χ1) is 7.31. The van der Waals surface area contributed by atoms with Crippen molar-refractivity contribution < 1.29 is 9.53 Å². The molecular formula is C12H25NO2. The largest absolute Gasteiger partial charge is 0.380 e. The Morgan fingerprint density at radius 2 is 1.80 bits per heavy atom. The Bertz CT molecular complexity index is 149. The Morgan fingerprint density at radius 3 is 2.47 bits per heavy atom. The van der Waals surface area contributed by atoms with Crippen LogP contribution in [0.4, 0.5) is 0 Å². The number of unbranched alkanes of at least 4 members (excludes halogenated alkanes) is 3. The quantitative estimate of drug-likeness (QED) is 0.569. The molecule has 15 heavy (non-hydrogen) atoms. The molecule has 3 nitrogen and oxygen atoms in total. The molecule has 90 valence electrons. The van der Waals surface area contributed by atoms with E-state index in [1.807, 2.05) is 0 Å². The van der Waals surface area contributed by atoms with Crippen LogP contribution in [0.5, 0.6) is 0 Å². The molecule has 0 spiro atoms. The van der Waals surface area contributed by atoms with E-state index in [2.05, 4.69) is 19.2 Å². The second-order valence-electron chi connectivity index (χ2n) is 3.77. The molecule has 3 heteroatoms. The molecule has 0 aliphatic heterocycles. The molecule has 0 saturated carbocycles. The fourth-order valence-electron chi connectivity index (χ4n) is 1.24. The summed E-state index contributed by atoms with van der Waals surface area (Å²) in [4.78, 5) is 11.2. The van der Waals surface area contributed by atoms with Crippen molar-refractivity contribution in [3.63, 3.8) is 0 Å². The standard InChI is InChI=1S/C12H25NO2/c1-3-5-7-10-15-11-9-13-12(14)8-6-4-2/h3-11H2,1-2H3,(H,13,14). The van der Waals surface area contributed by atoms with Crippen molar-refractivity contribution in [1.29, 1.82) is 0 Å². The lowest BCUT2D eigenvalue weighted by molar-refractivity contribution is -0.121. The maximum atomic E-state index is 11.2. The van der Waals surface area contributed by atoms with Crippen LogP contribution in [-0.2, 0) is 9.53 Å². The van der Waals surface area contributed by atoms with Crippen LogP contribution in [0.3, 0.4) is 0 Å². The van der Waals surface area contributed by atoms with Crippen molar-refractivity contribution in [3.05, 3.63) is 0 Å². The van der Waals surface area contributed by atoms with E-state index in [0.29, 0.717) is 19.6 Å².